The van der Waals surface area contributed by atoms with Crippen molar-refractivity contribution >= 4 is 34.3 Å². The number of thiophene rings is 1. The van der Waals surface area contributed by atoms with E-state index in [-0.39, 0.29) is 15.8 Å². The number of hydrogen-bond donors (Lipinski definition) is 0. The molecule has 0 unspecified atom stereocenters. The number of benzene rings is 1. The first-order valence-electron chi connectivity index (χ1n) is 6.71. The van der Waals surface area contributed by atoms with E-state index < -0.39 is 5.82 Å². The molecule has 0 aliphatic carbocycles. The monoisotopic (exact) mass is 353 g/mol. The van der Waals surface area contributed by atoms with E-state index >= 15 is 0 Å². The van der Waals surface area contributed by atoms with Crippen LogP contribution in [0.3, 0.4) is 0 Å². The first-order chi connectivity index (χ1) is 11.6. The zero-order valence-electron chi connectivity index (χ0n) is 12.1. The second kappa shape index (κ2) is 6.63. The van der Waals surface area contributed by atoms with Crippen molar-refractivity contribution in [1.82, 2.24) is 4.57 Å². The lowest BCUT2D eigenvalue weighted by Crippen LogP contribution is -2.30. The van der Waals surface area contributed by atoms with Gasteiger partial charge in [-0.2, -0.15) is 10.5 Å². The van der Waals surface area contributed by atoms with E-state index in [9.17, 15) is 9.18 Å². The number of thiazole rings is 1. The Morgan fingerprint density at radius 1 is 1.17 bits per heavy atom. The van der Waals surface area contributed by atoms with E-state index in [4.69, 9.17) is 10.5 Å². The summed E-state index contributed by atoms with van der Waals surface area (Å²) in [6, 6.07) is 12.7. The summed E-state index contributed by atoms with van der Waals surface area (Å²) in [7, 11) is 0. The summed E-state index contributed by atoms with van der Waals surface area (Å²) in [4.78, 5) is 13.6. The minimum atomic E-state index is -0.432. The summed E-state index contributed by atoms with van der Waals surface area (Å²) in [6.45, 7) is 0. The van der Waals surface area contributed by atoms with Crippen molar-refractivity contribution in [2.24, 2.45) is 0 Å². The molecule has 0 aliphatic rings. The third-order valence-electron chi connectivity index (χ3n) is 3.16. The standard InChI is InChI=1S/C17H8FN3OS2/c18-12-3-5-13(6-4-12)21-16(22)15(8-14-2-1-7-23-14)24-17(21)11(9-19)10-20/h1-8H. The van der Waals surface area contributed by atoms with Gasteiger partial charge in [0.05, 0.1) is 10.2 Å². The lowest BCUT2D eigenvalue weighted by atomic mass is 10.3. The molecule has 2 aromatic heterocycles. The fraction of sp³-hybridized carbons (Fsp3) is 0. The number of halogens is 1. The Morgan fingerprint density at radius 3 is 2.46 bits per heavy atom. The molecule has 3 rings (SSSR count). The summed E-state index contributed by atoms with van der Waals surface area (Å²) in [5.41, 5.74) is -0.105. The van der Waals surface area contributed by atoms with Gasteiger partial charge in [-0.25, -0.2) is 4.39 Å². The van der Waals surface area contributed by atoms with Gasteiger partial charge in [0.25, 0.3) is 5.56 Å². The van der Waals surface area contributed by atoms with Crippen LogP contribution in [0.5, 0.6) is 0 Å². The van der Waals surface area contributed by atoms with Crippen molar-refractivity contribution in [2.45, 2.75) is 0 Å². The molecule has 0 spiro atoms. The van der Waals surface area contributed by atoms with Gasteiger partial charge in [0.15, 0.2) is 5.57 Å². The fourth-order valence-electron chi connectivity index (χ4n) is 2.10. The van der Waals surface area contributed by atoms with Crippen LogP contribution in [-0.2, 0) is 0 Å². The average molecular weight is 353 g/mol. The van der Waals surface area contributed by atoms with Gasteiger partial charge in [-0.05, 0) is 41.8 Å². The molecule has 7 heteroatoms. The summed E-state index contributed by atoms with van der Waals surface area (Å²) in [5.74, 6) is -0.432. The highest BCUT2D eigenvalue weighted by Crippen LogP contribution is 2.09. The first kappa shape index (κ1) is 15.9. The molecule has 116 valence electrons. The molecule has 2 heterocycles. The molecular formula is C17H8FN3OS2. The molecule has 3 aromatic rings. The molecule has 0 saturated heterocycles. The molecule has 0 amide bonds. The highest BCUT2D eigenvalue weighted by molar-refractivity contribution is 7.11. The smallest absolute Gasteiger partial charge is 0.267 e. The molecule has 1 aromatic carbocycles. The largest absolute Gasteiger partial charge is 0.273 e. The maximum Gasteiger partial charge on any atom is 0.273 e. The third kappa shape index (κ3) is 2.91. The van der Waals surface area contributed by atoms with Crippen LogP contribution in [0.2, 0.25) is 0 Å². The molecule has 0 bridgehead atoms. The number of rotatable bonds is 2. The predicted molar refractivity (Wildman–Crippen MR) is 91.6 cm³/mol. The maximum atomic E-state index is 13.2. The Hall–Kier alpha value is -3.00. The summed E-state index contributed by atoms with van der Waals surface area (Å²) in [6.07, 6.45) is 1.72. The Labute approximate surface area is 143 Å². The highest BCUT2D eigenvalue weighted by Gasteiger charge is 2.11. The Balaban J connectivity index is 2.40. The van der Waals surface area contributed by atoms with Gasteiger partial charge >= 0.3 is 0 Å². The van der Waals surface area contributed by atoms with Crippen molar-refractivity contribution in [3.63, 3.8) is 0 Å². The van der Waals surface area contributed by atoms with Crippen LogP contribution in [0.15, 0.2) is 46.6 Å². The van der Waals surface area contributed by atoms with Crippen LogP contribution in [0.25, 0.3) is 17.3 Å². The third-order valence-corrected chi connectivity index (χ3v) is 5.07. The minimum Gasteiger partial charge on any atom is -0.267 e. The zero-order valence-corrected chi connectivity index (χ0v) is 13.7. The average Bonchev–Trinajstić information content (AvgIpc) is 3.20. The van der Waals surface area contributed by atoms with Crippen molar-refractivity contribution in [1.29, 1.82) is 10.5 Å². The van der Waals surface area contributed by atoms with Crippen molar-refractivity contribution in [3.05, 3.63) is 72.0 Å². The Kier molecular flexibility index (Phi) is 4.39. The molecule has 4 nitrogen and oxygen atoms in total. The molecule has 24 heavy (non-hydrogen) atoms. The zero-order chi connectivity index (χ0) is 17.1. The minimum absolute atomic E-state index is 0.160. The first-order valence-corrected chi connectivity index (χ1v) is 8.41. The van der Waals surface area contributed by atoms with Gasteiger partial charge in [-0.15, -0.1) is 22.7 Å². The second-order valence-electron chi connectivity index (χ2n) is 4.65. The maximum absolute atomic E-state index is 13.2. The van der Waals surface area contributed by atoms with E-state index in [1.54, 1.807) is 6.08 Å². The van der Waals surface area contributed by atoms with Gasteiger partial charge in [0, 0.05) is 4.88 Å². The van der Waals surface area contributed by atoms with Gasteiger partial charge in [0.1, 0.15) is 22.6 Å². The van der Waals surface area contributed by atoms with Crippen LogP contribution < -0.4 is 14.8 Å². The molecule has 0 atom stereocenters. The predicted octanol–water partition coefficient (Wildman–Crippen LogP) is 2.13. The lowest BCUT2D eigenvalue weighted by molar-refractivity contribution is 0.627. The van der Waals surface area contributed by atoms with Gasteiger partial charge in [-0.1, -0.05) is 6.07 Å². The number of nitriles is 2. The normalized spacial score (nSPS) is 11.0. The SMILES string of the molecule is N#CC(C#N)=c1sc(=Cc2cccs2)c(=O)n1-c1ccc(F)cc1. The Bertz CT molecular complexity index is 1130. The van der Waals surface area contributed by atoms with Crippen molar-refractivity contribution < 1.29 is 4.39 Å². The van der Waals surface area contributed by atoms with Crippen LogP contribution in [-0.4, -0.2) is 4.57 Å². The fourth-order valence-corrected chi connectivity index (χ4v) is 3.88. The Morgan fingerprint density at radius 2 is 1.88 bits per heavy atom. The molecule has 0 N–H and O–H groups in total. The number of aromatic nitrogens is 1. The summed E-state index contributed by atoms with van der Waals surface area (Å²) in [5, 5.41) is 20.2. The summed E-state index contributed by atoms with van der Waals surface area (Å²) >= 11 is 2.54. The highest BCUT2D eigenvalue weighted by atomic mass is 32.1. The van der Waals surface area contributed by atoms with Crippen LogP contribution >= 0.6 is 22.7 Å². The molecule has 0 saturated carbocycles. The van der Waals surface area contributed by atoms with Gasteiger partial charge in [-0.3, -0.25) is 9.36 Å². The van der Waals surface area contributed by atoms with Crippen LogP contribution in [0.1, 0.15) is 4.88 Å². The van der Waals surface area contributed by atoms with Crippen LogP contribution in [0.4, 0.5) is 4.39 Å². The quantitative estimate of drug-likeness (QED) is 0.709. The molecule has 0 fully saturated rings. The van der Waals surface area contributed by atoms with Crippen molar-refractivity contribution in [3.8, 4) is 17.8 Å². The second-order valence-corrected chi connectivity index (χ2v) is 6.66. The summed E-state index contributed by atoms with van der Waals surface area (Å²) < 4.78 is 15.1. The molecule has 0 aliphatic heterocycles. The van der Waals surface area contributed by atoms with Crippen LogP contribution in [0, 0.1) is 28.5 Å². The lowest BCUT2D eigenvalue weighted by Gasteiger charge is -2.01. The van der Waals surface area contributed by atoms with Crippen molar-refractivity contribution in [2.75, 3.05) is 0 Å². The topological polar surface area (TPSA) is 69.6 Å². The van der Waals surface area contributed by atoms with E-state index in [2.05, 4.69) is 0 Å². The van der Waals surface area contributed by atoms with E-state index in [1.807, 2.05) is 29.7 Å². The molecular weight excluding hydrogens is 345 g/mol. The van der Waals surface area contributed by atoms with Gasteiger partial charge in [0.2, 0.25) is 0 Å². The van der Waals surface area contributed by atoms with E-state index in [1.165, 1.54) is 40.2 Å². The number of nitrogens with zero attached hydrogens (tertiary/aromatic N) is 3. The molecule has 0 radical (unpaired) electrons. The number of hydrogen-bond acceptors (Lipinski definition) is 5. The van der Waals surface area contributed by atoms with Gasteiger partial charge < -0.3 is 0 Å². The van der Waals surface area contributed by atoms with E-state index in [0.29, 0.717) is 10.2 Å². The van der Waals surface area contributed by atoms with E-state index in [0.717, 1.165) is 16.2 Å².